The van der Waals surface area contributed by atoms with Crippen LogP contribution in [0.2, 0.25) is 0 Å². The molecule has 1 amide bonds. The lowest BCUT2D eigenvalue weighted by Crippen LogP contribution is -2.51. The number of nitrogens with one attached hydrogen (secondary N) is 1. The van der Waals surface area contributed by atoms with Crippen molar-refractivity contribution in [3.63, 3.8) is 0 Å². The first-order valence-electron chi connectivity index (χ1n) is 6.70. The minimum atomic E-state index is -0.167. The molecule has 0 radical (unpaired) electrons. The highest BCUT2D eigenvalue weighted by Crippen LogP contribution is 2.13. The van der Waals surface area contributed by atoms with E-state index in [0.29, 0.717) is 13.1 Å². The molecule has 0 atom stereocenters. The topological polar surface area (TPSA) is 58.4 Å². The lowest BCUT2D eigenvalue weighted by Gasteiger charge is -2.36. The Kier molecular flexibility index (Phi) is 5.51. The van der Waals surface area contributed by atoms with Gasteiger partial charge in [0, 0.05) is 17.8 Å². The molecule has 1 rings (SSSR count). The Morgan fingerprint density at radius 2 is 1.89 bits per heavy atom. The van der Waals surface area contributed by atoms with Crippen LogP contribution in [-0.4, -0.2) is 36.0 Å². The van der Waals surface area contributed by atoms with Crippen molar-refractivity contribution in [1.82, 2.24) is 4.90 Å². The molecule has 4 heteroatoms. The number of hydrogen-bond donors (Lipinski definition) is 2. The SMILES string of the molecule is CCN(CC(=O)Nc1ccc(C)cc1)C(C)(C)CN. The molecule has 0 bridgehead atoms. The number of likely N-dealkylation sites (N-methyl/N-ethyl adjacent to an activating group) is 1. The molecule has 0 fully saturated rings. The molecule has 0 saturated carbocycles. The van der Waals surface area contributed by atoms with Gasteiger partial charge in [0.05, 0.1) is 6.54 Å². The second-order valence-electron chi connectivity index (χ2n) is 5.44. The van der Waals surface area contributed by atoms with Gasteiger partial charge in [0.15, 0.2) is 0 Å². The summed E-state index contributed by atoms with van der Waals surface area (Å²) >= 11 is 0. The van der Waals surface area contributed by atoms with Crippen LogP contribution in [0.4, 0.5) is 5.69 Å². The van der Waals surface area contributed by atoms with E-state index in [2.05, 4.69) is 24.1 Å². The molecule has 0 aromatic heterocycles. The van der Waals surface area contributed by atoms with Crippen molar-refractivity contribution in [1.29, 1.82) is 0 Å². The molecule has 0 saturated heterocycles. The zero-order valence-corrected chi connectivity index (χ0v) is 12.4. The van der Waals surface area contributed by atoms with E-state index in [-0.39, 0.29) is 11.4 Å². The van der Waals surface area contributed by atoms with Gasteiger partial charge in [-0.3, -0.25) is 9.69 Å². The van der Waals surface area contributed by atoms with Crippen LogP contribution in [0.25, 0.3) is 0 Å². The average Bonchev–Trinajstić information content (AvgIpc) is 2.38. The van der Waals surface area contributed by atoms with Gasteiger partial charge in [0.2, 0.25) is 5.91 Å². The molecule has 1 aromatic rings. The van der Waals surface area contributed by atoms with E-state index in [1.54, 1.807) is 0 Å². The molecule has 19 heavy (non-hydrogen) atoms. The predicted molar refractivity (Wildman–Crippen MR) is 80.2 cm³/mol. The Hall–Kier alpha value is -1.39. The van der Waals surface area contributed by atoms with Crippen LogP contribution < -0.4 is 11.1 Å². The fourth-order valence-corrected chi connectivity index (χ4v) is 1.89. The maximum atomic E-state index is 12.0. The van der Waals surface area contributed by atoms with E-state index in [1.807, 2.05) is 38.1 Å². The van der Waals surface area contributed by atoms with E-state index >= 15 is 0 Å². The van der Waals surface area contributed by atoms with Crippen molar-refractivity contribution in [2.45, 2.75) is 33.2 Å². The van der Waals surface area contributed by atoms with Crippen molar-refractivity contribution in [2.75, 3.05) is 25.0 Å². The lowest BCUT2D eigenvalue weighted by molar-refractivity contribution is -0.118. The third kappa shape index (κ3) is 4.65. The fraction of sp³-hybridized carbons (Fsp3) is 0.533. The first kappa shape index (κ1) is 15.7. The molecule has 3 N–H and O–H groups in total. The molecule has 4 nitrogen and oxygen atoms in total. The number of nitrogens with two attached hydrogens (primary N) is 1. The smallest absolute Gasteiger partial charge is 0.238 e. The van der Waals surface area contributed by atoms with E-state index in [9.17, 15) is 4.79 Å². The van der Waals surface area contributed by atoms with Crippen LogP contribution in [0.15, 0.2) is 24.3 Å². The zero-order valence-electron chi connectivity index (χ0n) is 12.4. The molecular formula is C15H25N3O. The average molecular weight is 263 g/mol. The zero-order chi connectivity index (χ0) is 14.5. The largest absolute Gasteiger partial charge is 0.329 e. The Bertz CT molecular complexity index is 412. The Balaban J connectivity index is 2.61. The standard InChI is InChI=1S/C15H25N3O/c1-5-18(15(3,4)11-16)10-14(19)17-13-8-6-12(2)7-9-13/h6-9H,5,10-11,16H2,1-4H3,(H,17,19). The molecule has 1 aromatic carbocycles. The van der Waals surface area contributed by atoms with Gasteiger partial charge < -0.3 is 11.1 Å². The van der Waals surface area contributed by atoms with Crippen molar-refractivity contribution in [2.24, 2.45) is 5.73 Å². The Morgan fingerprint density at radius 3 is 2.37 bits per heavy atom. The Morgan fingerprint density at radius 1 is 1.32 bits per heavy atom. The van der Waals surface area contributed by atoms with Gasteiger partial charge in [0.1, 0.15) is 0 Å². The highest BCUT2D eigenvalue weighted by Gasteiger charge is 2.25. The summed E-state index contributed by atoms with van der Waals surface area (Å²) in [5.74, 6) is -0.00720. The summed E-state index contributed by atoms with van der Waals surface area (Å²) < 4.78 is 0. The minimum Gasteiger partial charge on any atom is -0.329 e. The molecule has 0 aliphatic carbocycles. The predicted octanol–water partition coefficient (Wildman–Crippen LogP) is 1.99. The summed E-state index contributed by atoms with van der Waals surface area (Å²) in [4.78, 5) is 14.1. The number of hydrogen-bond acceptors (Lipinski definition) is 3. The summed E-state index contributed by atoms with van der Waals surface area (Å²) in [6.45, 7) is 9.84. The van der Waals surface area contributed by atoms with Crippen molar-refractivity contribution in [3.05, 3.63) is 29.8 Å². The van der Waals surface area contributed by atoms with Crippen LogP contribution in [0, 0.1) is 6.92 Å². The van der Waals surface area contributed by atoms with Gasteiger partial charge in [-0.2, -0.15) is 0 Å². The monoisotopic (exact) mass is 263 g/mol. The van der Waals surface area contributed by atoms with Gasteiger partial charge in [-0.05, 0) is 39.4 Å². The van der Waals surface area contributed by atoms with Crippen molar-refractivity contribution >= 4 is 11.6 Å². The molecule has 0 aliphatic heterocycles. The van der Waals surface area contributed by atoms with Gasteiger partial charge in [-0.25, -0.2) is 0 Å². The number of aryl methyl sites for hydroxylation is 1. The maximum Gasteiger partial charge on any atom is 0.238 e. The van der Waals surface area contributed by atoms with Crippen molar-refractivity contribution in [3.8, 4) is 0 Å². The number of nitrogens with zero attached hydrogens (tertiary/aromatic N) is 1. The normalized spacial score (nSPS) is 11.7. The second kappa shape index (κ2) is 6.68. The van der Waals surface area contributed by atoms with Gasteiger partial charge in [-0.1, -0.05) is 24.6 Å². The van der Waals surface area contributed by atoms with Gasteiger partial charge in [-0.15, -0.1) is 0 Å². The number of rotatable bonds is 6. The van der Waals surface area contributed by atoms with Crippen LogP contribution in [0.3, 0.4) is 0 Å². The number of carbonyl (C=O) groups is 1. The number of anilines is 1. The lowest BCUT2D eigenvalue weighted by atomic mass is 10.0. The number of amides is 1. The molecular weight excluding hydrogens is 238 g/mol. The number of carbonyl (C=O) groups excluding carboxylic acids is 1. The molecule has 0 aliphatic rings. The van der Waals surface area contributed by atoms with Crippen LogP contribution in [-0.2, 0) is 4.79 Å². The summed E-state index contributed by atoms with van der Waals surface area (Å²) in [6.07, 6.45) is 0. The van der Waals surface area contributed by atoms with E-state index in [1.165, 1.54) is 5.56 Å². The third-order valence-electron chi connectivity index (χ3n) is 3.41. The van der Waals surface area contributed by atoms with Crippen LogP contribution in [0.1, 0.15) is 26.3 Å². The highest BCUT2D eigenvalue weighted by molar-refractivity contribution is 5.92. The van der Waals surface area contributed by atoms with Crippen LogP contribution >= 0.6 is 0 Å². The first-order chi connectivity index (χ1) is 8.89. The fourth-order valence-electron chi connectivity index (χ4n) is 1.89. The quantitative estimate of drug-likeness (QED) is 0.825. The Labute approximate surface area is 116 Å². The molecule has 0 heterocycles. The van der Waals surface area contributed by atoms with E-state index in [4.69, 9.17) is 5.73 Å². The third-order valence-corrected chi connectivity index (χ3v) is 3.41. The molecule has 0 unspecified atom stereocenters. The van der Waals surface area contributed by atoms with Gasteiger partial charge >= 0.3 is 0 Å². The summed E-state index contributed by atoms with van der Waals surface area (Å²) in [7, 11) is 0. The van der Waals surface area contributed by atoms with Gasteiger partial charge in [0.25, 0.3) is 0 Å². The number of benzene rings is 1. The minimum absolute atomic E-state index is 0.00720. The molecule has 106 valence electrons. The summed E-state index contributed by atoms with van der Waals surface area (Å²) in [5, 5.41) is 2.91. The van der Waals surface area contributed by atoms with E-state index in [0.717, 1.165) is 12.2 Å². The molecule has 0 spiro atoms. The highest BCUT2D eigenvalue weighted by atomic mass is 16.2. The maximum absolute atomic E-state index is 12.0. The van der Waals surface area contributed by atoms with E-state index < -0.39 is 0 Å². The first-order valence-corrected chi connectivity index (χ1v) is 6.70. The van der Waals surface area contributed by atoms with Crippen LogP contribution in [0.5, 0.6) is 0 Å². The van der Waals surface area contributed by atoms with Crippen molar-refractivity contribution < 1.29 is 4.79 Å². The summed E-state index contributed by atoms with van der Waals surface area (Å²) in [5.41, 5.74) is 7.60. The summed E-state index contributed by atoms with van der Waals surface area (Å²) in [6, 6.07) is 7.79. The second-order valence-corrected chi connectivity index (χ2v) is 5.44.